The molecule has 8 rings (SSSR count). The van der Waals surface area contributed by atoms with Crippen LogP contribution in [-0.4, -0.2) is 45.5 Å². The third kappa shape index (κ3) is 3.60. The fourth-order valence-electron chi connectivity index (χ4n) is 5.92. The van der Waals surface area contributed by atoms with Crippen LogP contribution in [0.1, 0.15) is 12.8 Å². The second-order valence-corrected chi connectivity index (χ2v) is 10.3. The number of aromatic amines is 2. The van der Waals surface area contributed by atoms with Crippen LogP contribution in [0.3, 0.4) is 0 Å². The molecule has 0 saturated carbocycles. The highest BCUT2D eigenvalue weighted by molar-refractivity contribution is 6.33. The minimum atomic E-state index is -0.157. The molecule has 3 aliphatic rings. The van der Waals surface area contributed by atoms with Crippen LogP contribution < -0.4 is 10.9 Å². The van der Waals surface area contributed by atoms with Crippen molar-refractivity contribution in [2.75, 3.05) is 25.0 Å². The summed E-state index contributed by atoms with van der Waals surface area (Å²) in [5, 5.41) is 5.50. The first kappa shape index (κ1) is 21.7. The van der Waals surface area contributed by atoms with Gasteiger partial charge in [0.15, 0.2) is 0 Å². The second-order valence-electron chi connectivity index (χ2n) is 9.94. The van der Waals surface area contributed by atoms with E-state index in [1.165, 1.54) is 12.8 Å². The first-order valence-corrected chi connectivity index (χ1v) is 12.9. The van der Waals surface area contributed by atoms with Gasteiger partial charge in [0.1, 0.15) is 11.4 Å². The van der Waals surface area contributed by atoms with Gasteiger partial charge in [0, 0.05) is 28.6 Å². The number of pyridine rings is 1. The van der Waals surface area contributed by atoms with E-state index < -0.39 is 0 Å². The van der Waals surface area contributed by atoms with E-state index >= 15 is 0 Å². The number of H-pyrrole nitrogens is 2. The summed E-state index contributed by atoms with van der Waals surface area (Å²) in [7, 11) is 0. The molecule has 3 aliphatic heterocycles. The molecule has 2 bridgehead atoms. The Hall–Kier alpha value is -3.61. The van der Waals surface area contributed by atoms with Crippen molar-refractivity contribution in [3.8, 4) is 22.5 Å². The van der Waals surface area contributed by atoms with Crippen LogP contribution in [0.25, 0.3) is 44.5 Å². The number of nitrogens with one attached hydrogen (secondary N) is 3. The molecule has 6 nitrogen and oxygen atoms in total. The highest BCUT2D eigenvalue weighted by atomic mass is 35.5. The fourth-order valence-corrected chi connectivity index (χ4v) is 6.16. The lowest BCUT2D eigenvalue weighted by Gasteiger charge is -2.45. The molecular weight excluding hydrogens is 470 g/mol. The van der Waals surface area contributed by atoms with Gasteiger partial charge in [-0.3, -0.25) is 4.79 Å². The Labute approximate surface area is 213 Å². The number of nitrogens with zero attached hydrogens (tertiary/aromatic N) is 2. The van der Waals surface area contributed by atoms with Crippen molar-refractivity contribution in [2.45, 2.75) is 18.9 Å². The van der Waals surface area contributed by atoms with E-state index in [4.69, 9.17) is 16.6 Å². The van der Waals surface area contributed by atoms with Crippen LogP contribution in [0, 0.1) is 5.92 Å². The van der Waals surface area contributed by atoms with Crippen molar-refractivity contribution in [3.63, 3.8) is 0 Å². The van der Waals surface area contributed by atoms with Crippen molar-refractivity contribution in [1.82, 2.24) is 19.9 Å². The van der Waals surface area contributed by atoms with Crippen LogP contribution >= 0.6 is 11.6 Å². The highest BCUT2D eigenvalue weighted by Crippen LogP contribution is 2.38. The number of para-hydroxylation sites is 2. The van der Waals surface area contributed by atoms with Crippen LogP contribution in [-0.2, 0) is 0 Å². The van der Waals surface area contributed by atoms with Gasteiger partial charge in [0.05, 0.1) is 22.2 Å². The summed E-state index contributed by atoms with van der Waals surface area (Å²) >= 11 is 6.55. The Kier molecular flexibility index (Phi) is 5.11. The SMILES string of the molecule is O=c1[nH]c2ccc(-c3ccccc3Cl)cc2c(N[C@H]2CN3CCC2CC3)c1-c1nc2ccccc2[nH]1. The quantitative estimate of drug-likeness (QED) is 0.290. The van der Waals surface area contributed by atoms with Gasteiger partial charge in [-0.25, -0.2) is 4.98 Å². The van der Waals surface area contributed by atoms with E-state index in [9.17, 15) is 4.79 Å². The van der Waals surface area contributed by atoms with Crippen LogP contribution in [0.2, 0.25) is 5.02 Å². The number of hydrogen-bond acceptors (Lipinski definition) is 4. The Morgan fingerprint density at radius 3 is 2.53 bits per heavy atom. The predicted octanol–water partition coefficient (Wildman–Crippen LogP) is 5.90. The topological polar surface area (TPSA) is 76.8 Å². The number of imidazole rings is 1. The number of benzene rings is 3. The fraction of sp³-hybridized carbons (Fsp3) is 0.241. The molecule has 7 heteroatoms. The molecule has 5 aromatic rings. The Morgan fingerprint density at radius 2 is 1.75 bits per heavy atom. The summed E-state index contributed by atoms with van der Waals surface area (Å²) in [5.41, 5.74) is 5.73. The molecule has 5 heterocycles. The molecule has 1 atom stereocenters. The minimum absolute atomic E-state index is 0.157. The number of rotatable bonds is 4. The van der Waals surface area contributed by atoms with E-state index in [-0.39, 0.29) is 11.6 Å². The number of halogens is 1. The summed E-state index contributed by atoms with van der Waals surface area (Å²) in [5.74, 6) is 1.17. The summed E-state index contributed by atoms with van der Waals surface area (Å²) in [6, 6.07) is 22.1. The monoisotopic (exact) mass is 495 g/mol. The van der Waals surface area contributed by atoms with Gasteiger partial charge in [-0.1, -0.05) is 48.0 Å². The zero-order valence-corrected chi connectivity index (χ0v) is 20.5. The van der Waals surface area contributed by atoms with Gasteiger partial charge in [0.2, 0.25) is 0 Å². The highest BCUT2D eigenvalue weighted by Gasteiger charge is 2.35. The summed E-state index contributed by atoms with van der Waals surface area (Å²) in [4.78, 5) is 27.4. The smallest absolute Gasteiger partial charge is 0.261 e. The van der Waals surface area contributed by atoms with E-state index in [2.05, 4.69) is 26.3 Å². The lowest BCUT2D eigenvalue weighted by Crippen LogP contribution is -2.53. The van der Waals surface area contributed by atoms with Crippen molar-refractivity contribution >= 4 is 39.2 Å². The first-order chi connectivity index (χ1) is 17.6. The average molecular weight is 496 g/mol. The van der Waals surface area contributed by atoms with E-state index in [0.717, 1.165) is 58.4 Å². The summed E-state index contributed by atoms with van der Waals surface area (Å²) in [6.45, 7) is 3.31. The van der Waals surface area contributed by atoms with E-state index in [1.54, 1.807) is 0 Å². The predicted molar refractivity (Wildman–Crippen MR) is 147 cm³/mol. The maximum atomic E-state index is 13.6. The van der Waals surface area contributed by atoms with Gasteiger partial charge < -0.3 is 20.2 Å². The van der Waals surface area contributed by atoms with Crippen molar-refractivity contribution in [1.29, 1.82) is 0 Å². The Balaban J connectivity index is 1.46. The number of aromatic nitrogens is 3. The Bertz CT molecular complexity index is 1630. The van der Waals surface area contributed by atoms with Crippen molar-refractivity contribution in [2.24, 2.45) is 5.92 Å². The largest absolute Gasteiger partial charge is 0.379 e. The van der Waals surface area contributed by atoms with Crippen LogP contribution in [0.4, 0.5) is 5.69 Å². The molecule has 3 fully saturated rings. The maximum Gasteiger partial charge on any atom is 0.261 e. The van der Waals surface area contributed by atoms with Crippen LogP contribution in [0.5, 0.6) is 0 Å². The normalized spacial score (nSPS) is 21.3. The first-order valence-electron chi connectivity index (χ1n) is 12.5. The van der Waals surface area contributed by atoms with Gasteiger partial charge in [-0.2, -0.15) is 0 Å². The van der Waals surface area contributed by atoms with Crippen LogP contribution in [0.15, 0.2) is 71.5 Å². The minimum Gasteiger partial charge on any atom is -0.379 e. The van der Waals surface area contributed by atoms with Gasteiger partial charge >= 0.3 is 0 Å². The van der Waals surface area contributed by atoms with Crippen molar-refractivity contribution < 1.29 is 0 Å². The second kappa shape index (κ2) is 8.50. The number of hydrogen-bond donors (Lipinski definition) is 3. The average Bonchev–Trinajstić information content (AvgIpc) is 3.33. The molecule has 0 amide bonds. The number of piperidine rings is 3. The number of anilines is 1. The van der Waals surface area contributed by atoms with E-state index in [0.29, 0.717) is 22.3 Å². The standard InChI is InChI=1S/C29H26ClN5O/c30-21-6-2-1-5-19(21)18-9-10-22-20(15-18)27(31-25-16-35-13-11-17(25)12-14-35)26(29(36)34-22)28-32-23-7-3-4-8-24(23)33-28/h1-10,15,17,25H,11-14,16H2,(H,32,33)(H2,31,34,36)/t25-/m0/s1. The number of fused-ring (bicyclic) bond motifs is 5. The molecule has 0 aliphatic carbocycles. The molecule has 0 spiro atoms. The zero-order valence-electron chi connectivity index (χ0n) is 19.7. The van der Waals surface area contributed by atoms with Gasteiger partial charge in [-0.15, -0.1) is 0 Å². The molecule has 2 aromatic heterocycles. The molecule has 3 aromatic carbocycles. The summed E-state index contributed by atoms with van der Waals surface area (Å²) in [6.07, 6.45) is 2.37. The third-order valence-electron chi connectivity index (χ3n) is 7.81. The molecule has 180 valence electrons. The molecule has 3 N–H and O–H groups in total. The Morgan fingerprint density at radius 1 is 0.944 bits per heavy atom. The lowest BCUT2D eigenvalue weighted by atomic mass is 9.83. The molecule has 0 unspecified atom stereocenters. The zero-order chi connectivity index (χ0) is 24.2. The van der Waals surface area contributed by atoms with Gasteiger partial charge in [-0.05, 0) is 67.7 Å². The lowest BCUT2D eigenvalue weighted by molar-refractivity contribution is 0.0976. The molecular formula is C29H26ClN5O. The molecule has 3 saturated heterocycles. The van der Waals surface area contributed by atoms with Crippen molar-refractivity contribution in [3.05, 3.63) is 82.1 Å². The molecule has 0 radical (unpaired) electrons. The van der Waals surface area contributed by atoms with Gasteiger partial charge in [0.25, 0.3) is 5.56 Å². The third-order valence-corrected chi connectivity index (χ3v) is 8.14. The van der Waals surface area contributed by atoms with E-state index in [1.807, 2.05) is 60.7 Å². The molecule has 36 heavy (non-hydrogen) atoms. The maximum absolute atomic E-state index is 13.6. The summed E-state index contributed by atoms with van der Waals surface area (Å²) < 4.78 is 0.